The maximum atomic E-state index is 13.9. The van der Waals surface area contributed by atoms with Crippen molar-refractivity contribution in [3.05, 3.63) is 29.3 Å². The first-order valence-corrected chi connectivity index (χ1v) is 17.2. The summed E-state index contributed by atoms with van der Waals surface area (Å²) >= 11 is 0. The van der Waals surface area contributed by atoms with Crippen LogP contribution >= 0.6 is 0 Å². The number of unbranched alkanes of at least 4 members (excludes halogenated alkanes) is 6. The van der Waals surface area contributed by atoms with Gasteiger partial charge < -0.3 is 15.3 Å². The lowest BCUT2D eigenvalue weighted by Crippen LogP contribution is -2.60. The minimum absolute atomic E-state index is 0.0982. The van der Waals surface area contributed by atoms with Gasteiger partial charge >= 0.3 is 29.9 Å². The van der Waals surface area contributed by atoms with E-state index in [2.05, 4.69) is 13.0 Å². The zero-order valence-electron chi connectivity index (χ0n) is 27.2. The Bertz CT molecular complexity index is 1250. The summed E-state index contributed by atoms with van der Waals surface area (Å²) in [5, 5.41) is 30.3. The standard InChI is InChI=1S/C35H47F9O4/c1-31-20-23(29-25-14-12-24(45)19-22(25)11-13-26(29)27(31)15-16-28(31)46)10-8-6-4-2-3-5-7-9-21(30(47)48)17-18-32(36,37)33(38,39)34(40,41)35(42,43)44/h12,14,19,21,23,26-29,45-46H,2-11,13,15-18,20H2,1H3,(H,47,48)/t21?,23-,26?,27?,28-,29?,31-/m0/s1. The molecular weight excluding hydrogens is 655 g/mol. The van der Waals surface area contributed by atoms with Crippen LogP contribution < -0.4 is 0 Å². The molecule has 0 radical (unpaired) electrons. The molecule has 0 aliphatic heterocycles. The Kier molecular flexibility index (Phi) is 11.7. The molecule has 4 rings (SSSR count). The van der Waals surface area contributed by atoms with E-state index < -0.39 is 48.7 Å². The number of alkyl halides is 9. The number of halogens is 9. The molecule has 4 unspecified atom stereocenters. The van der Waals surface area contributed by atoms with Gasteiger partial charge in [0, 0.05) is 6.42 Å². The van der Waals surface area contributed by atoms with Crippen molar-refractivity contribution in [3.63, 3.8) is 0 Å². The molecule has 2 saturated carbocycles. The summed E-state index contributed by atoms with van der Waals surface area (Å²) in [4.78, 5) is 11.5. The molecule has 3 N–H and O–H groups in total. The monoisotopic (exact) mass is 702 g/mol. The van der Waals surface area contributed by atoms with Crippen molar-refractivity contribution in [3.8, 4) is 5.75 Å². The van der Waals surface area contributed by atoms with Gasteiger partial charge in [-0.25, -0.2) is 0 Å². The van der Waals surface area contributed by atoms with Crippen LogP contribution in [0.15, 0.2) is 18.2 Å². The average molecular weight is 703 g/mol. The van der Waals surface area contributed by atoms with Gasteiger partial charge in [-0.3, -0.25) is 4.79 Å². The summed E-state index contributed by atoms with van der Waals surface area (Å²) in [6.45, 7) is 2.24. The summed E-state index contributed by atoms with van der Waals surface area (Å²) < 4.78 is 118. The molecule has 48 heavy (non-hydrogen) atoms. The fourth-order valence-corrected chi connectivity index (χ4v) is 9.12. The molecule has 13 heteroatoms. The van der Waals surface area contributed by atoms with Gasteiger partial charge in [0.1, 0.15) is 5.75 Å². The Morgan fingerprint density at radius 1 is 0.875 bits per heavy atom. The minimum Gasteiger partial charge on any atom is -0.508 e. The molecule has 4 nitrogen and oxygen atoms in total. The number of fused-ring (bicyclic) bond motifs is 5. The summed E-state index contributed by atoms with van der Waals surface area (Å²) in [6.07, 6.45) is 0.282. The van der Waals surface area contributed by atoms with Crippen LogP contribution in [0.1, 0.15) is 120 Å². The van der Waals surface area contributed by atoms with E-state index in [9.17, 15) is 59.6 Å². The molecule has 1 aromatic rings. The van der Waals surface area contributed by atoms with Crippen LogP contribution in [0.5, 0.6) is 5.75 Å². The minimum atomic E-state index is -6.98. The molecule has 0 amide bonds. The van der Waals surface area contributed by atoms with Crippen LogP contribution in [0.4, 0.5) is 39.5 Å². The molecule has 0 spiro atoms. The quantitative estimate of drug-likeness (QED) is 0.118. The van der Waals surface area contributed by atoms with Gasteiger partial charge in [-0.05, 0) is 104 Å². The molecule has 0 bridgehead atoms. The van der Waals surface area contributed by atoms with E-state index in [4.69, 9.17) is 0 Å². The Hall–Kier alpha value is -2.18. The van der Waals surface area contributed by atoms with E-state index in [1.54, 1.807) is 6.07 Å². The SMILES string of the molecule is C[C@]12C[C@H](CCCCCCCCCC(CCC(F)(F)C(F)(F)C(F)(F)C(F)(F)F)C(=O)O)C3c4ccc(O)cc4CCC3C1CC[C@@H]2O. The van der Waals surface area contributed by atoms with Crippen molar-refractivity contribution in [2.45, 2.75) is 146 Å². The second-order valence-electron chi connectivity index (χ2n) is 14.8. The zero-order chi connectivity index (χ0) is 35.7. The van der Waals surface area contributed by atoms with Gasteiger partial charge in [0.25, 0.3) is 0 Å². The van der Waals surface area contributed by atoms with Crippen molar-refractivity contribution < 1.29 is 59.6 Å². The van der Waals surface area contributed by atoms with Gasteiger partial charge in [0.15, 0.2) is 0 Å². The third-order valence-corrected chi connectivity index (χ3v) is 11.8. The van der Waals surface area contributed by atoms with Crippen molar-refractivity contribution in [1.29, 1.82) is 0 Å². The number of carboxylic acids is 1. The lowest BCUT2D eigenvalue weighted by atomic mass is 9.51. The molecule has 0 saturated heterocycles. The number of carboxylic acid groups (broad SMARTS) is 1. The number of phenolic OH excluding ortho intramolecular Hbond substituents is 1. The second-order valence-corrected chi connectivity index (χ2v) is 14.8. The van der Waals surface area contributed by atoms with Gasteiger partial charge in [-0.2, -0.15) is 39.5 Å². The topological polar surface area (TPSA) is 77.8 Å². The number of phenols is 1. The molecule has 274 valence electrons. The lowest BCUT2D eigenvalue weighted by molar-refractivity contribution is -0.396. The highest BCUT2D eigenvalue weighted by Gasteiger charge is 2.81. The van der Waals surface area contributed by atoms with Crippen molar-refractivity contribution in [2.24, 2.45) is 29.1 Å². The molecular formula is C35H47F9O4. The molecule has 0 aromatic heterocycles. The van der Waals surface area contributed by atoms with E-state index in [0.29, 0.717) is 36.5 Å². The van der Waals surface area contributed by atoms with Crippen LogP contribution in [0, 0.1) is 29.1 Å². The number of aliphatic carboxylic acids is 1. The van der Waals surface area contributed by atoms with Crippen LogP contribution in [-0.2, 0) is 11.2 Å². The number of benzene rings is 1. The fourth-order valence-electron chi connectivity index (χ4n) is 9.12. The first-order chi connectivity index (χ1) is 22.2. The average Bonchev–Trinajstić information content (AvgIpc) is 3.29. The number of aryl methyl sites for hydroxylation is 1. The largest absolute Gasteiger partial charge is 0.508 e. The second kappa shape index (κ2) is 14.6. The van der Waals surface area contributed by atoms with Crippen LogP contribution in [0.3, 0.4) is 0 Å². The first kappa shape index (κ1) is 38.6. The number of carbonyl (C=O) groups is 1. The number of rotatable bonds is 16. The van der Waals surface area contributed by atoms with Crippen molar-refractivity contribution in [2.75, 3.05) is 0 Å². The summed E-state index contributed by atoms with van der Waals surface area (Å²) in [6, 6.07) is 5.72. The first-order valence-electron chi connectivity index (χ1n) is 17.2. The van der Waals surface area contributed by atoms with Crippen LogP contribution in [0.2, 0.25) is 0 Å². The molecule has 3 aliphatic rings. The molecule has 2 fully saturated rings. The number of aliphatic hydroxyl groups is 1. The smallest absolute Gasteiger partial charge is 0.460 e. The molecule has 7 atom stereocenters. The summed E-state index contributed by atoms with van der Waals surface area (Å²) in [7, 11) is 0. The predicted octanol–water partition coefficient (Wildman–Crippen LogP) is 10.3. The summed E-state index contributed by atoms with van der Waals surface area (Å²) in [5.74, 6) is -20.6. The Balaban J connectivity index is 1.20. The maximum Gasteiger partial charge on any atom is 0.460 e. The van der Waals surface area contributed by atoms with E-state index in [1.165, 1.54) is 11.1 Å². The third kappa shape index (κ3) is 7.60. The molecule has 3 aliphatic carbocycles. The maximum absolute atomic E-state index is 13.9. The molecule has 0 heterocycles. The van der Waals surface area contributed by atoms with Crippen molar-refractivity contribution in [1.82, 2.24) is 0 Å². The van der Waals surface area contributed by atoms with E-state index in [0.717, 1.165) is 64.2 Å². The number of aliphatic hydroxyl groups excluding tert-OH is 1. The summed E-state index contributed by atoms with van der Waals surface area (Å²) in [5.41, 5.74) is 2.44. The van der Waals surface area contributed by atoms with Gasteiger partial charge in [-0.15, -0.1) is 0 Å². The van der Waals surface area contributed by atoms with E-state index >= 15 is 0 Å². The highest BCUT2D eigenvalue weighted by atomic mass is 19.4. The zero-order valence-corrected chi connectivity index (χ0v) is 27.2. The Morgan fingerprint density at radius 3 is 2.12 bits per heavy atom. The number of hydrogen-bond acceptors (Lipinski definition) is 3. The Labute approximate surface area is 275 Å². The van der Waals surface area contributed by atoms with Gasteiger partial charge in [0.2, 0.25) is 0 Å². The third-order valence-electron chi connectivity index (χ3n) is 11.8. The highest BCUT2D eigenvalue weighted by molar-refractivity contribution is 5.69. The van der Waals surface area contributed by atoms with Crippen LogP contribution in [-0.4, -0.2) is 51.3 Å². The van der Waals surface area contributed by atoms with E-state index in [1.807, 2.05) is 6.07 Å². The van der Waals surface area contributed by atoms with Crippen molar-refractivity contribution >= 4 is 5.97 Å². The number of aromatic hydroxyl groups is 1. The predicted molar refractivity (Wildman–Crippen MR) is 160 cm³/mol. The van der Waals surface area contributed by atoms with Crippen LogP contribution in [0.25, 0.3) is 0 Å². The number of hydrogen-bond donors (Lipinski definition) is 3. The Morgan fingerprint density at radius 2 is 1.50 bits per heavy atom. The highest BCUT2D eigenvalue weighted by Crippen LogP contribution is 2.63. The van der Waals surface area contributed by atoms with Gasteiger partial charge in [-0.1, -0.05) is 57.9 Å². The molecule has 1 aromatic carbocycles. The normalized spacial score (nSPS) is 28.4. The fraction of sp³-hybridized carbons (Fsp3) is 0.800. The lowest BCUT2D eigenvalue weighted by Gasteiger charge is -2.54. The van der Waals surface area contributed by atoms with E-state index in [-0.39, 0.29) is 30.1 Å². The van der Waals surface area contributed by atoms with Gasteiger partial charge in [0.05, 0.1) is 12.0 Å².